The van der Waals surface area contributed by atoms with Crippen LogP contribution >= 0.6 is 0 Å². The molecule has 3 aromatic rings. The fourth-order valence-corrected chi connectivity index (χ4v) is 3.51. The lowest BCUT2D eigenvalue weighted by Gasteiger charge is -2.24. The maximum absolute atomic E-state index is 13.5. The van der Waals surface area contributed by atoms with E-state index in [0.29, 0.717) is 22.6 Å². The Kier molecular flexibility index (Phi) is 5.10. The molecular formula is C23H18FNO5. The molecule has 2 aromatic carbocycles. The number of ether oxygens (including phenoxy) is 1. The molecule has 7 heteroatoms. The van der Waals surface area contributed by atoms with Gasteiger partial charge in [0.25, 0.3) is 11.7 Å². The molecule has 0 saturated carbocycles. The molecule has 4 rings (SSSR count). The van der Waals surface area contributed by atoms with E-state index < -0.39 is 23.5 Å². The zero-order valence-corrected chi connectivity index (χ0v) is 16.0. The number of hydrogen-bond acceptors (Lipinski definition) is 5. The topological polar surface area (TPSA) is 80.0 Å². The number of hydrogen-bond donors (Lipinski definition) is 1. The summed E-state index contributed by atoms with van der Waals surface area (Å²) in [4.78, 5) is 27.0. The second-order valence-corrected chi connectivity index (χ2v) is 6.79. The van der Waals surface area contributed by atoms with E-state index in [-0.39, 0.29) is 17.9 Å². The molecule has 0 radical (unpaired) electrons. The summed E-state index contributed by atoms with van der Waals surface area (Å²) in [7, 11) is 1.52. The Balaban J connectivity index is 1.84. The van der Waals surface area contributed by atoms with Crippen LogP contribution in [0.5, 0.6) is 5.75 Å². The van der Waals surface area contributed by atoms with Gasteiger partial charge in [0.15, 0.2) is 0 Å². The third-order valence-corrected chi connectivity index (χ3v) is 5.00. The number of aliphatic hydroxyl groups is 1. The average Bonchev–Trinajstić information content (AvgIpc) is 3.36. The summed E-state index contributed by atoms with van der Waals surface area (Å²) in [6.45, 7) is 0.0268. The maximum Gasteiger partial charge on any atom is 0.296 e. The Morgan fingerprint density at radius 2 is 1.80 bits per heavy atom. The number of benzene rings is 2. The Labute approximate surface area is 171 Å². The smallest absolute Gasteiger partial charge is 0.296 e. The van der Waals surface area contributed by atoms with Crippen molar-refractivity contribution in [2.75, 3.05) is 7.11 Å². The van der Waals surface area contributed by atoms with Gasteiger partial charge in [-0.2, -0.15) is 0 Å². The van der Waals surface area contributed by atoms with Crippen LogP contribution in [0.4, 0.5) is 4.39 Å². The van der Waals surface area contributed by atoms with Gasteiger partial charge in [-0.25, -0.2) is 4.39 Å². The molecule has 0 spiro atoms. The Morgan fingerprint density at radius 3 is 2.40 bits per heavy atom. The second-order valence-electron chi connectivity index (χ2n) is 6.79. The summed E-state index contributed by atoms with van der Waals surface area (Å²) in [6, 6.07) is 14.4. The van der Waals surface area contributed by atoms with Gasteiger partial charge in [-0.3, -0.25) is 9.59 Å². The predicted octanol–water partition coefficient (Wildman–Crippen LogP) is 4.05. The van der Waals surface area contributed by atoms with Crippen LogP contribution in [0, 0.1) is 5.82 Å². The minimum Gasteiger partial charge on any atom is -0.507 e. The molecule has 1 saturated heterocycles. The monoisotopic (exact) mass is 407 g/mol. The number of methoxy groups -OCH3 is 1. The van der Waals surface area contributed by atoms with Crippen LogP contribution in [0.15, 0.2) is 76.9 Å². The Hall–Kier alpha value is -3.87. The first-order chi connectivity index (χ1) is 14.5. The van der Waals surface area contributed by atoms with Crippen molar-refractivity contribution in [3.63, 3.8) is 0 Å². The minimum absolute atomic E-state index is 0.0268. The van der Waals surface area contributed by atoms with E-state index >= 15 is 0 Å². The number of halogens is 1. The fourth-order valence-electron chi connectivity index (χ4n) is 3.51. The van der Waals surface area contributed by atoms with Gasteiger partial charge in [-0.15, -0.1) is 0 Å². The van der Waals surface area contributed by atoms with Crippen molar-refractivity contribution >= 4 is 17.4 Å². The molecule has 1 atom stereocenters. The second kappa shape index (κ2) is 7.87. The number of ketones is 1. The van der Waals surface area contributed by atoms with Gasteiger partial charge in [-0.05, 0) is 54.1 Å². The highest BCUT2D eigenvalue weighted by Crippen LogP contribution is 2.40. The van der Waals surface area contributed by atoms with Crippen molar-refractivity contribution in [2.45, 2.75) is 12.6 Å². The van der Waals surface area contributed by atoms with E-state index in [1.165, 1.54) is 42.5 Å². The Morgan fingerprint density at radius 1 is 1.10 bits per heavy atom. The molecule has 2 heterocycles. The van der Waals surface area contributed by atoms with Crippen molar-refractivity contribution in [2.24, 2.45) is 0 Å². The summed E-state index contributed by atoms with van der Waals surface area (Å²) in [5.74, 6) is -1.28. The molecule has 152 valence electrons. The van der Waals surface area contributed by atoms with E-state index in [0.717, 1.165) is 0 Å². The van der Waals surface area contributed by atoms with Crippen molar-refractivity contribution in [1.29, 1.82) is 0 Å². The molecule has 0 aliphatic carbocycles. The zero-order valence-electron chi connectivity index (χ0n) is 16.0. The lowest BCUT2D eigenvalue weighted by molar-refractivity contribution is -0.140. The number of likely N-dealkylation sites (tertiary alicyclic amines) is 1. The van der Waals surface area contributed by atoms with Crippen LogP contribution in [0.25, 0.3) is 5.76 Å². The van der Waals surface area contributed by atoms with Crippen molar-refractivity contribution in [3.05, 3.63) is 95.2 Å². The molecule has 1 N–H and O–H groups in total. The Bertz CT molecular complexity index is 1100. The van der Waals surface area contributed by atoms with E-state index in [9.17, 15) is 19.1 Å². The summed E-state index contributed by atoms with van der Waals surface area (Å²) >= 11 is 0. The van der Waals surface area contributed by atoms with Gasteiger partial charge in [0.2, 0.25) is 0 Å². The summed E-state index contributed by atoms with van der Waals surface area (Å²) < 4.78 is 23.9. The van der Waals surface area contributed by atoms with Crippen LogP contribution in [0.2, 0.25) is 0 Å². The number of aliphatic hydroxyl groups excluding tert-OH is 1. The van der Waals surface area contributed by atoms with Crippen LogP contribution < -0.4 is 4.74 Å². The lowest BCUT2D eigenvalue weighted by atomic mass is 9.95. The molecule has 1 fully saturated rings. The number of Topliss-reactive ketones (excluding diaryl/α,β-unsaturated/α-hetero) is 1. The van der Waals surface area contributed by atoms with Gasteiger partial charge in [-0.1, -0.05) is 12.1 Å². The van der Waals surface area contributed by atoms with E-state index in [2.05, 4.69) is 0 Å². The van der Waals surface area contributed by atoms with Crippen molar-refractivity contribution < 1.29 is 28.2 Å². The molecule has 0 unspecified atom stereocenters. The summed E-state index contributed by atoms with van der Waals surface area (Å²) in [5.41, 5.74) is 0.791. The highest BCUT2D eigenvalue weighted by molar-refractivity contribution is 6.46. The first-order valence-corrected chi connectivity index (χ1v) is 9.20. The minimum atomic E-state index is -0.891. The number of amides is 1. The van der Waals surface area contributed by atoms with E-state index in [4.69, 9.17) is 9.15 Å². The van der Waals surface area contributed by atoms with Crippen LogP contribution in [-0.4, -0.2) is 28.8 Å². The zero-order chi connectivity index (χ0) is 21.3. The standard InChI is InChI=1S/C23H18FNO5/c1-29-17-10-6-15(7-11-17)21(26)19-20(14-4-8-16(24)9-5-14)25(23(28)22(19)27)13-18-3-2-12-30-18/h2-12,20,26H,13H2,1H3/t20-/m0/s1. The van der Waals surface area contributed by atoms with Crippen molar-refractivity contribution in [3.8, 4) is 5.75 Å². The van der Waals surface area contributed by atoms with E-state index in [1.54, 1.807) is 36.4 Å². The molecule has 30 heavy (non-hydrogen) atoms. The molecule has 6 nitrogen and oxygen atoms in total. The number of carbonyl (C=O) groups is 2. The molecule has 1 aliphatic rings. The van der Waals surface area contributed by atoms with E-state index in [1.807, 2.05) is 0 Å². The van der Waals surface area contributed by atoms with Gasteiger partial charge in [0, 0.05) is 5.56 Å². The van der Waals surface area contributed by atoms with Crippen LogP contribution in [0.3, 0.4) is 0 Å². The SMILES string of the molecule is COc1ccc(C(O)=C2C(=O)C(=O)N(Cc3ccco3)[C@H]2c2ccc(F)cc2)cc1. The first kappa shape index (κ1) is 19.4. The first-order valence-electron chi connectivity index (χ1n) is 9.20. The number of furan rings is 1. The van der Waals surface area contributed by atoms with Crippen molar-refractivity contribution in [1.82, 2.24) is 4.90 Å². The molecule has 1 aromatic heterocycles. The highest BCUT2D eigenvalue weighted by Gasteiger charge is 2.46. The lowest BCUT2D eigenvalue weighted by Crippen LogP contribution is -2.29. The van der Waals surface area contributed by atoms with Crippen LogP contribution in [0.1, 0.15) is 22.9 Å². The largest absolute Gasteiger partial charge is 0.507 e. The number of nitrogens with zero attached hydrogens (tertiary/aromatic N) is 1. The van der Waals surface area contributed by atoms with Gasteiger partial charge in [0.05, 0.1) is 31.5 Å². The third kappa shape index (κ3) is 3.45. The number of rotatable bonds is 5. The number of carbonyl (C=O) groups excluding carboxylic acids is 2. The fraction of sp³-hybridized carbons (Fsp3) is 0.130. The van der Waals surface area contributed by atoms with Gasteiger partial charge >= 0.3 is 0 Å². The van der Waals surface area contributed by atoms with Gasteiger partial charge in [0.1, 0.15) is 23.1 Å². The van der Waals surface area contributed by atoms with Gasteiger partial charge < -0.3 is 19.2 Å². The molecule has 1 aliphatic heterocycles. The van der Waals surface area contributed by atoms with Crippen LogP contribution in [-0.2, 0) is 16.1 Å². The summed E-state index contributed by atoms with van der Waals surface area (Å²) in [6.07, 6.45) is 1.47. The summed E-state index contributed by atoms with van der Waals surface area (Å²) in [5, 5.41) is 10.9. The molecule has 1 amide bonds. The quantitative estimate of drug-likeness (QED) is 0.392. The molecule has 0 bridgehead atoms. The molecular weight excluding hydrogens is 389 g/mol. The predicted molar refractivity (Wildman–Crippen MR) is 106 cm³/mol. The highest BCUT2D eigenvalue weighted by atomic mass is 19.1. The normalized spacial score (nSPS) is 18.1. The maximum atomic E-state index is 13.5. The third-order valence-electron chi connectivity index (χ3n) is 5.00. The average molecular weight is 407 g/mol.